The maximum Gasteiger partial charge on any atom is 0.275 e. The van der Waals surface area contributed by atoms with Crippen molar-refractivity contribution in [3.05, 3.63) is 72.3 Å². The van der Waals surface area contributed by atoms with Crippen LogP contribution in [-0.2, 0) is 23.2 Å². The van der Waals surface area contributed by atoms with Crippen LogP contribution in [0.4, 0.5) is 0 Å². The number of aryl methyl sites for hydroxylation is 1. The lowest BCUT2D eigenvalue weighted by atomic mass is 10.0. The van der Waals surface area contributed by atoms with Crippen LogP contribution in [0.15, 0.2) is 60.9 Å². The summed E-state index contributed by atoms with van der Waals surface area (Å²) < 4.78 is 7.03. The van der Waals surface area contributed by atoms with Crippen molar-refractivity contribution in [2.24, 2.45) is 7.05 Å². The average Bonchev–Trinajstić information content (AvgIpc) is 3.28. The Morgan fingerprint density at radius 3 is 2.24 bits per heavy atom. The zero-order chi connectivity index (χ0) is 24.5. The van der Waals surface area contributed by atoms with Gasteiger partial charge in [-0.15, -0.1) is 0 Å². The molecule has 2 aromatic carbocycles. The van der Waals surface area contributed by atoms with Gasteiger partial charge in [0.2, 0.25) is 0 Å². The third-order valence-corrected chi connectivity index (χ3v) is 4.95. The predicted octanol–water partition coefficient (Wildman–Crippen LogP) is 0.378. The van der Waals surface area contributed by atoms with Crippen LogP contribution in [0.5, 0.6) is 5.75 Å². The van der Waals surface area contributed by atoms with E-state index in [-0.39, 0.29) is 25.3 Å². The van der Waals surface area contributed by atoms with Crippen molar-refractivity contribution < 1.29 is 29.4 Å². The van der Waals surface area contributed by atoms with Gasteiger partial charge in [-0.3, -0.25) is 19.6 Å². The number of aliphatic hydroxyl groups is 1. The van der Waals surface area contributed by atoms with Crippen LogP contribution >= 0.6 is 0 Å². The standard InChI is InChI=1S/C23H25N5O6/c1-28-11-10-24-19(28)14-25-22(31)20(23(32)27-33)26-21(30)17-4-2-15(3-5-17)16-6-8-18(9-7-16)34-13-12-29/h2-11,20,29,33H,12-14H2,1H3,(H,25,31)(H,26,30)(H,27,32). The number of hydrogen-bond acceptors (Lipinski definition) is 7. The number of aromatic nitrogens is 2. The number of ether oxygens (including phenoxy) is 1. The van der Waals surface area contributed by atoms with Gasteiger partial charge in [0.1, 0.15) is 18.2 Å². The molecule has 0 aliphatic carbocycles. The van der Waals surface area contributed by atoms with E-state index in [0.29, 0.717) is 11.6 Å². The van der Waals surface area contributed by atoms with Crippen LogP contribution in [-0.4, -0.2) is 56.8 Å². The van der Waals surface area contributed by atoms with Gasteiger partial charge < -0.3 is 25.0 Å². The highest BCUT2D eigenvalue weighted by Gasteiger charge is 2.28. The molecule has 11 nitrogen and oxygen atoms in total. The molecule has 1 heterocycles. The van der Waals surface area contributed by atoms with Crippen molar-refractivity contribution in [1.82, 2.24) is 25.7 Å². The van der Waals surface area contributed by atoms with E-state index in [2.05, 4.69) is 15.6 Å². The molecule has 3 amide bonds. The molecule has 1 atom stereocenters. The highest BCUT2D eigenvalue weighted by Crippen LogP contribution is 2.23. The van der Waals surface area contributed by atoms with Crippen molar-refractivity contribution >= 4 is 17.7 Å². The van der Waals surface area contributed by atoms with Crippen molar-refractivity contribution in [1.29, 1.82) is 0 Å². The number of carbonyl (C=O) groups excluding carboxylic acids is 3. The second kappa shape index (κ2) is 11.6. The summed E-state index contributed by atoms with van der Waals surface area (Å²) in [6.07, 6.45) is 3.26. The quantitative estimate of drug-likeness (QED) is 0.164. The molecule has 0 radical (unpaired) electrons. The molecule has 0 fully saturated rings. The highest BCUT2D eigenvalue weighted by atomic mass is 16.5. The summed E-state index contributed by atoms with van der Waals surface area (Å²) in [5.41, 5.74) is 3.34. The van der Waals surface area contributed by atoms with Gasteiger partial charge in [0.05, 0.1) is 13.2 Å². The maximum absolute atomic E-state index is 12.7. The fourth-order valence-corrected chi connectivity index (χ4v) is 3.09. The first-order chi connectivity index (χ1) is 16.4. The highest BCUT2D eigenvalue weighted by molar-refractivity contribution is 6.08. The molecule has 0 saturated carbocycles. The van der Waals surface area contributed by atoms with Crippen LogP contribution in [0.1, 0.15) is 16.2 Å². The number of aliphatic hydroxyl groups excluding tert-OH is 1. The number of rotatable bonds is 10. The Balaban J connectivity index is 1.65. The first kappa shape index (κ1) is 24.4. The second-order valence-electron chi connectivity index (χ2n) is 7.23. The molecule has 1 aromatic heterocycles. The molecular weight excluding hydrogens is 442 g/mol. The molecule has 0 aliphatic rings. The molecule has 5 N–H and O–H groups in total. The molecule has 0 aliphatic heterocycles. The first-order valence-corrected chi connectivity index (χ1v) is 10.4. The normalized spacial score (nSPS) is 11.4. The smallest absolute Gasteiger partial charge is 0.275 e. The minimum absolute atomic E-state index is 0.0337. The Hall–Kier alpha value is -4.22. The monoisotopic (exact) mass is 467 g/mol. The summed E-state index contributed by atoms with van der Waals surface area (Å²) in [5, 5.41) is 22.7. The van der Waals surface area contributed by atoms with E-state index in [1.54, 1.807) is 60.4 Å². The number of imidazole rings is 1. The van der Waals surface area contributed by atoms with Crippen LogP contribution in [0.25, 0.3) is 11.1 Å². The van der Waals surface area contributed by atoms with Crippen molar-refractivity contribution in [2.45, 2.75) is 12.6 Å². The lowest BCUT2D eigenvalue weighted by molar-refractivity contribution is -0.137. The van der Waals surface area contributed by atoms with E-state index >= 15 is 0 Å². The Morgan fingerprint density at radius 1 is 1.03 bits per heavy atom. The molecular formula is C23H25N5O6. The zero-order valence-electron chi connectivity index (χ0n) is 18.4. The fraction of sp³-hybridized carbons (Fsp3) is 0.217. The minimum atomic E-state index is -1.65. The van der Waals surface area contributed by atoms with Crippen LogP contribution in [0.2, 0.25) is 0 Å². The summed E-state index contributed by atoms with van der Waals surface area (Å²) in [7, 11) is 1.75. The van der Waals surface area contributed by atoms with Gasteiger partial charge in [0, 0.05) is 25.0 Å². The van der Waals surface area contributed by atoms with Crippen LogP contribution < -0.4 is 20.9 Å². The molecule has 0 spiro atoms. The summed E-state index contributed by atoms with van der Waals surface area (Å²) in [6, 6.07) is 12.1. The minimum Gasteiger partial charge on any atom is -0.491 e. The molecule has 3 aromatic rings. The van der Waals surface area contributed by atoms with Crippen molar-refractivity contribution in [2.75, 3.05) is 13.2 Å². The van der Waals surface area contributed by atoms with Gasteiger partial charge in [-0.1, -0.05) is 24.3 Å². The lowest BCUT2D eigenvalue weighted by Crippen LogP contribution is -2.54. The fourth-order valence-electron chi connectivity index (χ4n) is 3.09. The summed E-state index contributed by atoms with van der Waals surface area (Å²) >= 11 is 0. The average molecular weight is 467 g/mol. The Morgan fingerprint density at radius 2 is 1.68 bits per heavy atom. The molecule has 34 heavy (non-hydrogen) atoms. The molecule has 0 saturated heterocycles. The van der Waals surface area contributed by atoms with Gasteiger partial charge in [-0.25, -0.2) is 10.5 Å². The lowest BCUT2D eigenvalue weighted by Gasteiger charge is -2.16. The number of nitrogens with one attached hydrogen (secondary N) is 3. The molecule has 3 rings (SSSR count). The molecule has 1 unspecified atom stereocenters. The van der Waals surface area contributed by atoms with E-state index in [9.17, 15) is 14.4 Å². The predicted molar refractivity (Wildman–Crippen MR) is 121 cm³/mol. The molecule has 0 bridgehead atoms. The summed E-state index contributed by atoms with van der Waals surface area (Å²) in [6.45, 7) is 0.170. The van der Waals surface area contributed by atoms with E-state index in [1.165, 1.54) is 5.48 Å². The van der Waals surface area contributed by atoms with E-state index in [0.717, 1.165) is 11.1 Å². The number of nitrogens with zero attached hydrogens (tertiary/aromatic N) is 2. The Labute approximate surface area is 195 Å². The van der Waals surface area contributed by atoms with Crippen molar-refractivity contribution in [3.63, 3.8) is 0 Å². The number of amides is 3. The summed E-state index contributed by atoms with van der Waals surface area (Å²) in [5.74, 6) is -1.37. The third kappa shape index (κ3) is 6.18. The van der Waals surface area contributed by atoms with Crippen LogP contribution in [0, 0.1) is 0 Å². The van der Waals surface area contributed by atoms with Crippen LogP contribution in [0.3, 0.4) is 0 Å². The van der Waals surface area contributed by atoms with Gasteiger partial charge in [0.25, 0.3) is 17.7 Å². The first-order valence-electron chi connectivity index (χ1n) is 10.4. The number of hydrogen-bond donors (Lipinski definition) is 5. The SMILES string of the molecule is Cn1ccnc1CNC(=O)C(NC(=O)c1ccc(-c2ccc(OCCO)cc2)cc1)C(=O)NO. The van der Waals surface area contributed by atoms with Gasteiger partial charge in [-0.2, -0.15) is 0 Å². The third-order valence-electron chi connectivity index (χ3n) is 4.95. The molecule has 178 valence electrons. The Kier molecular flexibility index (Phi) is 8.32. The Bertz CT molecular complexity index is 1130. The van der Waals surface area contributed by atoms with Crippen molar-refractivity contribution in [3.8, 4) is 16.9 Å². The largest absolute Gasteiger partial charge is 0.491 e. The van der Waals surface area contributed by atoms with Gasteiger partial charge in [-0.05, 0) is 35.4 Å². The van der Waals surface area contributed by atoms with E-state index in [4.69, 9.17) is 15.1 Å². The number of hydroxylamine groups is 1. The number of carbonyl (C=O) groups is 3. The topological polar surface area (TPSA) is 155 Å². The number of benzene rings is 2. The maximum atomic E-state index is 12.7. The zero-order valence-corrected chi connectivity index (χ0v) is 18.4. The molecule has 11 heteroatoms. The second-order valence-corrected chi connectivity index (χ2v) is 7.23. The van der Waals surface area contributed by atoms with E-state index in [1.807, 2.05) is 12.1 Å². The van der Waals surface area contributed by atoms with Gasteiger partial charge >= 0.3 is 0 Å². The summed E-state index contributed by atoms with van der Waals surface area (Å²) in [4.78, 5) is 41.2. The van der Waals surface area contributed by atoms with Gasteiger partial charge in [0.15, 0.2) is 6.04 Å². The van der Waals surface area contributed by atoms with E-state index < -0.39 is 23.8 Å².